The molecule has 0 spiro atoms. The van der Waals surface area contributed by atoms with Crippen molar-refractivity contribution in [1.82, 2.24) is 0 Å². The lowest BCUT2D eigenvalue weighted by Crippen LogP contribution is -2.27. The standard InChI is InChI=1S/C21H20INO7/c1-12(24)13-3-6-15(7-4-13)23-21(28)30-20(18(29-2)9-10-19(26)27)16-11-14(22)5-8-17(16)25/h3-11,18,20,25H,1-2H3,(H,23,28)(H,26,27)/b10-9+/t18-,20-/m0/s1. The quantitative estimate of drug-likeness (QED) is 0.269. The number of phenols is 1. The highest BCUT2D eigenvalue weighted by Crippen LogP contribution is 2.33. The van der Waals surface area contributed by atoms with Gasteiger partial charge in [-0.2, -0.15) is 0 Å². The molecular formula is C21H20INO7. The average Bonchev–Trinajstić information content (AvgIpc) is 2.69. The van der Waals surface area contributed by atoms with Crippen molar-refractivity contribution in [3.63, 3.8) is 0 Å². The van der Waals surface area contributed by atoms with Gasteiger partial charge in [0, 0.05) is 33.6 Å². The Hall–Kier alpha value is -2.92. The molecule has 0 aliphatic carbocycles. The summed E-state index contributed by atoms with van der Waals surface area (Å²) < 4.78 is 11.6. The number of ketones is 1. The molecule has 0 aliphatic heterocycles. The molecule has 30 heavy (non-hydrogen) atoms. The van der Waals surface area contributed by atoms with Gasteiger partial charge in [0.05, 0.1) is 0 Å². The van der Waals surface area contributed by atoms with E-state index in [-0.39, 0.29) is 17.1 Å². The topological polar surface area (TPSA) is 122 Å². The number of carboxylic acid groups (broad SMARTS) is 1. The molecule has 2 aromatic rings. The Labute approximate surface area is 186 Å². The van der Waals surface area contributed by atoms with Crippen molar-refractivity contribution in [3.8, 4) is 5.75 Å². The number of ether oxygens (including phenoxy) is 2. The van der Waals surface area contributed by atoms with Crippen LogP contribution in [0.3, 0.4) is 0 Å². The summed E-state index contributed by atoms with van der Waals surface area (Å²) in [5.74, 6) is -1.44. The number of phenolic OH excluding ortho intramolecular Hbond substituents is 1. The summed E-state index contributed by atoms with van der Waals surface area (Å²) in [7, 11) is 1.33. The van der Waals surface area contributed by atoms with Crippen molar-refractivity contribution in [2.24, 2.45) is 0 Å². The lowest BCUT2D eigenvalue weighted by atomic mass is 10.0. The molecule has 0 bridgehead atoms. The summed E-state index contributed by atoms with van der Waals surface area (Å²) in [5.41, 5.74) is 1.14. The maximum atomic E-state index is 12.5. The molecule has 2 rings (SSSR count). The number of rotatable bonds is 8. The van der Waals surface area contributed by atoms with Crippen molar-refractivity contribution >= 4 is 46.1 Å². The number of amides is 1. The number of aromatic hydroxyl groups is 1. The lowest BCUT2D eigenvalue weighted by Gasteiger charge is -2.25. The summed E-state index contributed by atoms with van der Waals surface area (Å²) in [5, 5.41) is 21.7. The fourth-order valence-electron chi connectivity index (χ4n) is 2.59. The van der Waals surface area contributed by atoms with Gasteiger partial charge in [-0.1, -0.05) is 0 Å². The van der Waals surface area contributed by atoms with Gasteiger partial charge in [-0.05, 0) is 78.1 Å². The van der Waals surface area contributed by atoms with E-state index >= 15 is 0 Å². The molecule has 0 radical (unpaired) electrons. The third-order valence-electron chi connectivity index (χ3n) is 4.07. The molecule has 1 amide bonds. The number of carboxylic acids is 1. The Kier molecular flexibility index (Phi) is 8.36. The van der Waals surface area contributed by atoms with Gasteiger partial charge in [0.15, 0.2) is 11.9 Å². The minimum Gasteiger partial charge on any atom is -0.508 e. The third kappa shape index (κ3) is 6.56. The predicted octanol–water partition coefficient (Wildman–Crippen LogP) is 4.15. The highest BCUT2D eigenvalue weighted by atomic mass is 127. The molecular weight excluding hydrogens is 505 g/mol. The first-order chi connectivity index (χ1) is 14.2. The highest BCUT2D eigenvalue weighted by Gasteiger charge is 2.28. The van der Waals surface area contributed by atoms with E-state index in [0.29, 0.717) is 11.3 Å². The van der Waals surface area contributed by atoms with E-state index < -0.39 is 24.3 Å². The molecule has 2 atom stereocenters. The molecule has 0 saturated carbocycles. The highest BCUT2D eigenvalue weighted by molar-refractivity contribution is 14.1. The van der Waals surface area contributed by atoms with Crippen LogP contribution in [-0.4, -0.2) is 41.3 Å². The Balaban J connectivity index is 2.29. The molecule has 0 aromatic heterocycles. The molecule has 0 aliphatic rings. The lowest BCUT2D eigenvalue weighted by molar-refractivity contribution is -0.131. The number of hydrogen-bond acceptors (Lipinski definition) is 6. The van der Waals surface area contributed by atoms with Crippen LogP contribution >= 0.6 is 22.6 Å². The third-order valence-corrected chi connectivity index (χ3v) is 4.74. The zero-order valence-electron chi connectivity index (χ0n) is 16.2. The van der Waals surface area contributed by atoms with Gasteiger partial charge in [0.2, 0.25) is 0 Å². The number of halogens is 1. The number of anilines is 1. The zero-order chi connectivity index (χ0) is 22.3. The van der Waals surface area contributed by atoms with Crippen LogP contribution in [0.2, 0.25) is 0 Å². The maximum absolute atomic E-state index is 12.5. The molecule has 2 aromatic carbocycles. The molecule has 0 heterocycles. The number of nitrogens with one attached hydrogen (secondary N) is 1. The monoisotopic (exact) mass is 525 g/mol. The van der Waals surface area contributed by atoms with Crippen LogP contribution in [0.1, 0.15) is 28.9 Å². The van der Waals surface area contributed by atoms with Crippen LogP contribution < -0.4 is 5.32 Å². The number of hydrogen-bond donors (Lipinski definition) is 3. The summed E-state index contributed by atoms with van der Waals surface area (Å²) in [4.78, 5) is 34.8. The first kappa shape index (κ1) is 23.4. The van der Waals surface area contributed by atoms with E-state index in [1.54, 1.807) is 36.4 Å². The van der Waals surface area contributed by atoms with Crippen molar-refractivity contribution < 1.29 is 34.1 Å². The first-order valence-electron chi connectivity index (χ1n) is 8.72. The summed E-state index contributed by atoms with van der Waals surface area (Å²) in [6.45, 7) is 1.44. The fourth-order valence-corrected chi connectivity index (χ4v) is 3.11. The minimum atomic E-state index is -1.20. The minimum absolute atomic E-state index is 0.105. The number of methoxy groups -OCH3 is 1. The molecule has 9 heteroatoms. The normalized spacial score (nSPS) is 12.9. The molecule has 8 nitrogen and oxygen atoms in total. The van der Waals surface area contributed by atoms with Gasteiger partial charge < -0.3 is 19.7 Å². The largest absolute Gasteiger partial charge is 0.508 e. The Morgan fingerprint density at radius 3 is 2.37 bits per heavy atom. The van der Waals surface area contributed by atoms with Crippen molar-refractivity contribution in [2.45, 2.75) is 19.1 Å². The number of benzene rings is 2. The molecule has 158 valence electrons. The Morgan fingerprint density at radius 2 is 1.80 bits per heavy atom. The van der Waals surface area contributed by atoms with Gasteiger partial charge >= 0.3 is 12.1 Å². The van der Waals surface area contributed by atoms with Crippen molar-refractivity contribution in [3.05, 3.63) is 69.3 Å². The van der Waals surface area contributed by atoms with E-state index in [0.717, 1.165) is 9.65 Å². The SMILES string of the molecule is CO[C@@H](/C=C/C(=O)O)[C@@H](OC(=O)Nc1ccc(C(C)=O)cc1)c1cc(I)ccc1O. The molecule has 0 fully saturated rings. The molecule has 3 N–H and O–H groups in total. The van der Waals surface area contributed by atoms with E-state index in [4.69, 9.17) is 14.6 Å². The van der Waals surface area contributed by atoms with Crippen LogP contribution in [-0.2, 0) is 14.3 Å². The average molecular weight is 525 g/mol. The van der Waals surface area contributed by atoms with Gasteiger partial charge in [0.1, 0.15) is 11.9 Å². The van der Waals surface area contributed by atoms with Crippen molar-refractivity contribution in [2.75, 3.05) is 12.4 Å². The maximum Gasteiger partial charge on any atom is 0.412 e. The van der Waals surface area contributed by atoms with E-state index in [2.05, 4.69) is 5.32 Å². The smallest absolute Gasteiger partial charge is 0.412 e. The Morgan fingerprint density at radius 1 is 1.13 bits per heavy atom. The molecule has 0 unspecified atom stereocenters. The van der Waals surface area contributed by atoms with E-state index in [1.165, 1.54) is 26.2 Å². The molecule has 0 saturated heterocycles. The Bertz CT molecular complexity index is 956. The summed E-state index contributed by atoms with van der Waals surface area (Å²) in [6.07, 6.45) is -0.859. The number of carbonyl (C=O) groups is 3. The van der Waals surface area contributed by atoms with E-state index in [1.807, 2.05) is 22.6 Å². The number of Topliss-reactive ketones (excluding diaryl/α,β-unsaturated/α-hetero) is 1. The zero-order valence-corrected chi connectivity index (χ0v) is 18.3. The van der Waals surface area contributed by atoms with Crippen LogP contribution in [0.25, 0.3) is 0 Å². The fraction of sp³-hybridized carbons (Fsp3) is 0.190. The second-order valence-electron chi connectivity index (χ2n) is 6.19. The second-order valence-corrected chi connectivity index (χ2v) is 7.43. The second kappa shape index (κ2) is 10.7. The first-order valence-corrected chi connectivity index (χ1v) is 9.80. The van der Waals surface area contributed by atoms with Gasteiger partial charge in [-0.3, -0.25) is 10.1 Å². The van der Waals surface area contributed by atoms with Crippen LogP contribution in [0.4, 0.5) is 10.5 Å². The van der Waals surface area contributed by atoms with E-state index in [9.17, 15) is 19.5 Å². The van der Waals surface area contributed by atoms with Crippen molar-refractivity contribution in [1.29, 1.82) is 0 Å². The van der Waals surface area contributed by atoms with Gasteiger partial charge in [-0.15, -0.1) is 0 Å². The predicted molar refractivity (Wildman–Crippen MR) is 118 cm³/mol. The van der Waals surface area contributed by atoms with Gasteiger partial charge in [-0.25, -0.2) is 9.59 Å². The van der Waals surface area contributed by atoms with Crippen LogP contribution in [0, 0.1) is 3.57 Å². The number of aliphatic carboxylic acids is 1. The van der Waals surface area contributed by atoms with Crippen LogP contribution in [0.15, 0.2) is 54.6 Å². The summed E-state index contributed by atoms with van der Waals surface area (Å²) >= 11 is 2.04. The van der Waals surface area contributed by atoms with Gasteiger partial charge in [0.25, 0.3) is 0 Å². The summed E-state index contributed by atoms with van der Waals surface area (Å²) in [6, 6.07) is 10.9. The number of carbonyl (C=O) groups excluding carboxylic acids is 2. The van der Waals surface area contributed by atoms with Crippen LogP contribution in [0.5, 0.6) is 5.75 Å².